The first-order valence-corrected chi connectivity index (χ1v) is 5.32. The highest BCUT2D eigenvalue weighted by atomic mass is 16.5. The zero-order valence-corrected chi connectivity index (χ0v) is 9.65. The predicted octanol–water partition coefficient (Wildman–Crippen LogP) is 2.65. The number of methoxy groups -OCH3 is 2. The van der Waals surface area contributed by atoms with Crippen LogP contribution in [0.2, 0.25) is 0 Å². The summed E-state index contributed by atoms with van der Waals surface area (Å²) in [4.78, 5) is 4.39. The van der Waals surface area contributed by atoms with E-state index in [-0.39, 0.29) is 0 Å². The van der Waals surface area contributed by atoms with Gasteiger partial charge in [0.25, 0.3) is 0 Å². The Morgan fingerprint density at radius 2 is 2.12 bits per heavy atom. The highest BCUT2D eigenvalue weighted by Crippen LogP contribution is 2.41. The molecule has 1 N–H and O–H groups in total. The van der Waals surface area contributed by atoms with Crippen molar-refractivity contribution in [2.24, 2.45) is 0 Å². The van der Waals surface area contributed by atoms with E-state index in [2.05, 4.69) is 10.3 Å². The number of pyridine rings is 1. The lowest BCUT2D eigenvalue weighted by molar-refractivity contribution is 0.358. The summed E-state index contributed by atoms with van der Waals surface area (Å²) in [5.41, 5.74) is 2.93. The molecule has 2 heterocycles. The van der Waals surface area contributed by atoms with Gasteiger partial charge in [0.05, 0.1) is 14.2 Å². The quantitative estimate of drug-likeness (QED) is 0.858. The van der Waals surface area contributed by atoms with Crippen LogP contribution in [-0.4, -0.2) is 19.2 Å². The summed E-state index contributed by atoms with van der Waals surface area (Å²) in [6.45, 7) is 0. The minimum absolute atomic E-state index is 0.671. The topological polar surface area (TPSA) is 43.4 Å². The van der Waals surface area contributed by atoms with Crippen molar-refractivity contribution in [3.63, 3.8) is 0 Å². The maximum Gasteiger partial charge on any atom is 0.187 e. The van der Waals surface area contributed by atoms with Crippen molar-refractivity contribution in [3.05, 3.63) is 30.1 Å². The molecule has 0 atom stereocenters. The first-order chi connectivity index (χ1) is 8.35. The molecule has 0 saturated heterocycles. The number of nitrogens with zero attached hydrogens (tertiary/aromatic N) is 1. The minimum atomic E-state index is 0.671. The molecule has 0 fully saturated rings. The summed E-state index contributed by atoms with van der Waals surface area (Å²) >= 11 is 0. The lowest BCUT2D eigenvalue weighted by Gasteiger charge is -2.17. The fourth-order valence-corrected chi connectivity index (χ4v) is 2.14. The zero-order chi connectivity index (χ0) is 11.8. The molecule has 17 heavy (non-hydrogen) atoms. The van der Waals surface area contributed by atoms with Gasteiger partial charge in [0.2, 0.25) is 0 Å². The van der Waals surface area contributed by atoms with E-state index in [4.69, 9.17) is 9.47 Å². The number of anilines is 1. The van der Waals surface area contributed by atoms with Gasteiger partial charge in [-0.25, -0.2) is 0 Å². The van der Waals surface area contributed by atoms with Crippen LogP contribution in [0.1, 0.15) is 5.56 Å². The van der Waals surface area contributed by atoms with Crippen molar-refractivity contribution < 1.29 is 9.47 Å². The van der Waals surface area contributed by atoms with E-state index < -0.39 is 0 Å². The molecule has 86 valence electrons. The Morgan fingerprint density at radius 1 is 1.24 bits per heavy atom. The van der Waals surface area contributed by atoms with E-state index >= 15 is 0 Å². The highest BCUT2D eigenvalue weighted by Gasteiger charge is 2.17. The molecule has 0 spiro atoms. The Balaban J connectivity index is 2.47. The molecule has 1 aromatic heterocycles. The zero-order valence-electron chi connectivity index (χ0n) is 9.65. The second-order valence-corrected chi connectivity index (χ2v) is 3.76. The van der Waals surface area contributed by atoms with Gasteiger partial charge in [-0.2, -0.15) is 0 Å². The number of benzene rings is 1. The van der Waals surface area contributed by atoms with Crippen LogP contribution in [0, 0.1) is 0 Å². The van der Waals surface area contributed by atoms with Gasteiger partial charge in [-0.15, -0.1) is 0 Å². The van der Waals surface area contributed by atoms with Crippen molar-refractivity contribution in [1.29, 1.82) is 0 Å². The Kier molecular flexibility index (Phi) is 2.14. The van der Waals surface area contributed by atoms with E-state index in [9.17, 15) is 0 Å². The van der Waals surface area contributed by atoms with Crippen molar-refractivity contribution in [1.82, 2.24) is 4.98 Å². The molecule has 0 aliphatic carbocycles. The monoisotopic (exact) mass is 228 g/mol. The van der Waals surface area contributed by atoms with Crippen molar-refractivity contribution in [2.45, 2.75) is 0 Å². The molecule has 3 rings (SSSR count). The van der Waals surface area contributed by atoms with Gasteiger partial charge >= 0.3 is 0 Å². The summed E-state index contributed by atoms with van der Waals surface area (Å²) in [5.74, 6) is 1.37. The number of ether oxygens (including phenoxy) is 2. The Bertz CT molecular complexity index is 620. The van der Waals surface area contributed by atoms with Crippen LogP contribution in [0.5, 0.6) is 11.5 Å². The van der Waals surface area contributed by atoms with Gasteiger partial charge < -0.3 is 14.8 Å². The van der Waals surface area contributed by atoms with Crippen LogP contribution < -0.4 is 14.8 Å². The molecule has 2 aromatic rings. The van der Waals surface area contributed by atoms with Crippen LogP contribution >= 0.6 is 0 Å². The standard InChI is InChI=1S/C13H12N2O2/c1-16-10-7-8-3-5-14-9-4-6-15-12(11(8)9)13(10)17-2/h3-7,14H,1-2H3. The Morgan fingerprint density at radius 3 is 2.88 bits per heavy atom. The predicted molar refractivity (Wildman–Crippen MR) is 67.5 cm³/mol. The van der Waals surface area contributed by atoms with Crippen LogP contribution in [0.25, 0.3) is 17.0 Å². The second kappa shape index (κ2) is 3.66. The summed E-state index contributed by atoms with van der Waals surface area (Å²) in [5, 5.41) is 4.26. The van der Waals surface area contributed by atoms with E-state index in [1.165, 1.54) is 0 Å². The molecule has 4 nitrogen and oxygen atoms in total. The molecule has 4 heteroatoms. The number of aromatic nitrogens is 1. The van der Waals surface area contributed by atoms with E-state index in [0.29, 0.717) is 11.5 Å². The summed E-state index contributed by atoms with van der Waals surface area (Å²) < 4.78 is 10.7. The molecular formula is C13H12N2O2. The maximum atomic E-state index is 5.39. The fourth-order valence-electron chi connectivity index (χ4n) is 2.14. The highest BCUT2D eigenvalue weighted by molar-refractivity contribution is 6.04. The molecule has 0 unspecified atom stereocenters. The number of hydrogen-bond donors (Lipinski definition) is 1. The lowest BCUT2D eigenvalue weighted by Crippen LogP contribution is -2.00. The first kappa shape index (κ1) is 9.96. The summed E-state index contributed by atoms with van der Waals surface area (Å²) in [7, 11) is 3.26. The van der Waals surface area contributed by atoms with Gasteiger partial charge in [-0.05, 0) is 23.8 Å². The second-order valence-electron chi connectivity index (χ2n) is 3.76. The average Bonchev–Trinajstić information content (AvgIpc) is 2.39. The Labute approximate surface area is 98.9 Å². The third-order valence-corrected chi connectivity index (χ3v) is 2.89. The van der Waals surface area contributed by atoms with Crippen molar-refractivity contribution in [3.8, 4) is 11.5 Å². The van der Waals surface area contributed by atoms with E-state index in [1.54, 1.807) is 20.4 Å². The lowest BCUT2D eigenvalue weighted by atomic mass is 10.0. The van der Waals surface area contributed by atoms with Gasteiger partial charge in [-0.3, -0.25) is 4.98 Å². The maximum absolute atomic E-state index is 5.39. The largest absolute Gasteiger partial charge is 0.493 e. The molecule has 0 saturated carbocycles. The number of rotatable bonds is 2. The van der Waals surface area contributed by atoms with Crippen LogP contribution in [0.3, 0.4) is 0 Å². The van der Waals surface area contributed by atoms with Crippen LogP contribution in [0.15, 0.2) is 24.5 Å². The fraction of sp³-hybridized carbons (Fsp3) is 0.154. The normalized spacial score (nSPS) is 12.4. The van der Waals surface area contributed by atoms with Crippen LogP contribution in [-0.2, 0) is 0 Å². The van der Waals surface area contributed by atoms with Crippen LogP contribution in [0.4, 0.5) is 5.69 Å². The van der Waals surface area contributed by atoms with Crippen molar-refractivity contribution in [2.75, 3.05) is 19.5 Å². The van der Waals surface area contributed by atoms with E-state index in [1.807, 2.05) is 24.4 Å². The molecule has 1 aliphatic heterocycles. The van der Waals surface area contributed by atoms with Gasteiger partial charge in [-0.1, -0.05) is 0 Å². The Hall–Kier alpha value is -2.23. The van der Waals surface area contributed by atoms with Gasteiger partial charge in [0.15, 0.2) is 11.5 Å². The van der Waals surface area contributed by atoms with Crippen molar-refractivity contribution >= 4 is 22.7 Å². The average molecular weight is 228 g/mol. The third-order valence-electron chi connectivity index (χ3n) is 2.89. The number of hydrogen-bond acceptors (Lipinski definition) is 4. The number of nitrogens with one attached hydrogen (secondary N) is 1. The smallest absolute Gasteiger partial charge is 0.187 e. The van der Waals surface area contributed by atoms with Gasteiger partial charge in [0.1, 0.15) is 5.52 Å². The summed E-state index contributed by atoms with van der Waals surface area (Å²) in [6.07, 6.45) is 5.66. The molecule has 0 radical (unpaired) electrons. The van der Waals surface area contributed by atoms with E-state index in [0.717, 1.165) is 22.2 Å². The molecule has 1 aromatic carbocycles. The molecule has 0 bridgehead atoms. The summed E-state index contributed by atoms with van der Waals surface area (Å²) in [6, 6.07) is 3.91. The first-order valence-electron chi connectivity index (χ1n) is 5.32. The SMILES string of the molecule is COc1cc2c3c(ccnc3c1OC)NC=C2. The van der Waals surface area contributed by atoms with Gasteiger partial charge in [0, 0.05) is 23.5 Å². The molecular weight excluding hydrogens is 216 g/mol. The minimum Gasteiger partial charge on any atom is -0.493 e. The third kappa shape index (κ3) is 1.34. The molecule has 0 amide bonds. The molecule has 1 aliphatic rings.